The first-order valence-electron chi connectivity index (χ1n) is 7.17. The van der Waals surface area contributed by atoms with Crippen LogP contribution in [0, 0.1) is 5.92 Å². The van der Waals surface area contributed by atoms with Crippen LogP contribution in [0.1, 0.15) is 44.7 Å². The van der Waals surface area contributed by atoms with Gasteiger partial charge in [-0.15, -0.1) is 0 Å². The van der Waals surface area contributed by atoms with Crippen LogP contribution in [-0.4, -0.2) is 27.3 Å². The van der Waals surface area contributed by atoms with Crippen molar-refractivity contribution in [2.24, 2.45) is 5.92 Å². The van der Waals surface area contributed by atoms with Gasteiger partial charge in [-0.05, 0) is 38.1 Å². The van der Waals surface area contributed by atoms with Crippen molar-refractivity contribution in [3.05, 3.63) is 18.2 Å². The molecule has 0 radical (unpaired) electrons. The third-order valence-electron chi connectivity index (χ3n) is 3.76. The Bertz CT molecular complexity index is 351. The molecule has 2 rings (SSSR count). The van der Waals surface area contributed by atoms with Gasteiger partial charge < -0.3 is 15.0 Å². The van der Waals surface area contributed by atoms with Crippen LogP contribution in [0.5, 0.6) is 0 Å². The number of rotatable bonds is 6. The SMILES string of the molecule is CCCn1cncc1CNCC1CCCC(O)C1. The minimum absolute atomic E-state index is 0.0730. The molecule has 4 heteroatoms. The summed E-state index contributed by atoms with van der Waals surface area (Å²) in [5.74, 6) is 0.635. The summed E-state index contributed by atoms with van der Waals surface area (Å²) in [5.41, 5.74) is 1.26. The van der Waals surface area contributed by atoms with Crippen molar-refractivity contribution in [2.75, 3.05) is 6.54 Å². The smallest absolute Gasteiger partial charge is 0.0948 e. The molecule has 1 aliphatic carbocycles. The van der Waals surface area contributed by atoms with Gasteiger partial charge in [0.1, 0.15) is 0 Å². The number of nitrogens with one attached hydrogen (secondary N) is 1. The zero-order valence-electron chi connectivity index (χ0n) is 11.3. The standard InChI is InChI=1S/C14H25N3O/c1-2-6-17-11-16-10-13(17)9-15-8-12-4-3-5-14(18)7-12/h10-12,14-15,18H,2-9H2,1H3. The molecule has 0 bridgehead atoms. The highest BCUT2D eigenvalue weighted by Crippen LogP contribution is 2.23. The number of imidazole rings is 1. The number of nitrogens with zero attached hydrogens (tertiary/aromatic N) is 2. The fourth-order valence-corrected chi connectivity index (χ4v) is 2.79. The maximum atomic E-state index is 9.64. The number of aliphatic hydroxyl groups is 1. The number of aromatic nitrogens is 2. The van der Waals surface area contributed by atoms with Gasteiger partial charge in [0.25, 0.3) is 0 Å². The highest BCUT2D eigenvalue weighted by atomic mass is 16.3. The van der Waals surface area contributed by atoms with E-state index in [1.54, 1.807) is 0 Å². The zero-order valence-corrected chi connectivity index (χ0v) is 11.3. The number of hydrogen-bond acceptors (Lipinski definition) is 3. The first kappa shape index (κ1) is 13.6. The van der Waals surface area contributed by atoms with E-state index in [1.165, 1.54) is 18.5 Å². The van der Waals surface area contributed by atoms with E-state index < -0.39 is 0 Å². The first-order valence-corrected chi connectivity index (χ1v) is 7.17. The molecular weight excluding hydrogens is 226 g/mol. The third-order valence-corrected chi connectivity index (χ3v) is 3.76. The Labute approximate surface area is 109 Å². The molecular formula is C14H25N3O. The van der Waals surface area contributed by atoms with Crippen LogP contribution >= 0.6 is 0 Å². The Morgan fingerprint density at radius 3 is 3.17 bits per heavy atom. The molecule has 0 spiro atoms. The van der Waals surface area contributed by atoms with Gasteiger partial charge in [-0.1, -0.05) is 13.3 Å². The van der Waals surface area contributed by atoms with Gasteiger partial charge in [0.15, 0.2) is 0 Å². The Balaban J connectivity index is 1.72. The Hall–Kier alpha value is -0.870. The van der Waals surface area contributed by atoms with Crippen LogP contribution in [0.4, 0.5) is 0 Å². The van der Waals surface area contributed by atoms with E-state index in [0.717, 1.165) is 38.9 Å². The van der Waals surface area contributed by atoms with Crippen molar-refractivity contribution in [3.8, 4) is 0 Å². The van der Waals surface area contributed by atoms with Crippen LogP contribution in [0.3, 0.4) is 0 Å². The van der Waals surface area contributed by atoms with Crippen LogP contribution in [0.15, 0.2) is 12.5 Å². The summed E-state index contributed by atoms with van der Waals surface area (Å²) >= 11 is 0. The molecule has 2 atom stereocenters. The normalized spacial score (nSPS) is 24.3. The summed E-state index contributed by atoms with van der Waals surface area (Å²) in [6.45, 7) is 5.11. The lowest BCUT2D eigenvalue weighted by Gasteiger charge is -2.26. The molecule has 4 nitrogen and oxygen atoms in total. The molecule has 102 valence electrons. The van der Waals surface area contributed by atoms with E-state index in [1.807, 2.05) is 12.5 Å². The predicted octanol–water partition coefficient (Wildman–Crippen LogP) is 1.93. The van der Waals surface area contributed by atoms with Gasteiger partial charge in [0.05, 0.1) is 18.1 Å². The Kier molecular flexibility index (Phi) is 5.20. The zero-order chi connectivity index (χ0) is 12.8. The van der Waals surface area contributed by atoms with Crippen molar-refractivity contribution in [1.29, 1.82) is 0 Å². The molecule has 0 saturated heterocycles. The van der Waals surface area contributed by atoms with Gasteiger partial charge in [-0.25, -0.2) is 4.98 Å². The molecule has 1 saturated carbocycles. The lowest BCUT2D eigenvalue weighted by molar-refractivity contribution is 0.100. The molecule has 0 aliphatic heterocycles. The van der Waals surface area contributed by atoms with Crippen molar-refractivity contribution in [1.82, 2.24) is 14.9 Å². The van der Waals surface area contributed by atoms with Crippen molar-refractivity contribution >= 4 is 0 Å². The molecule has 1 heterocycles. The van der Waals surface area contributed by atoms with E-state index in [9.17, 15) is 5.11 Å². The average Bonchev–Trinajstić information content (AvgIpc) is 2.78. The second-order valence-electron chi connectivity index (χ2n) is 5.40. The molecule has 1 aromatic heterocycles. The monoisotopic (exact) mass is 251 g/mol. The number of hydrogen-bond donors (Lipinski definition) is 2. The van der Waals surface area contributed by atoms with Crippen LogP contribution in [0.25, 0.3) is 0 Å². The van der Waals surface area contributed by atoms with Gasteiger partial charge in [0.2, 0.25) is 0 Å². The summed E-state index contributed by atoms with van der Waals surface area (Å²) < 4.78 is 2.21. The van der Waals surface area contributed by atoms with E-state index in [0.29, 0.717) is 5.92 Å². The van der Waals surface area contributed by atoms with Crippen molar-refractivity contribution in [3.63, 3.8) is 0 Å². The van der Waals surface area contributed by atoms with E-state index in [2.05, 4.69) is 21.8 Å². The highest BCUT2D eigenvalue weighted by Gasteiger charge is 2.19. The molecule has 1 aromatic rings. The highest BCUT2D eigenvalue weighted by molar-refractivity contribution is 4.97. The van der Waals surface area contributed by atoms with Gasteiger partial charge in [-0.3, -0.25) is 0 Å². The molecule has 0 aromatic carbocycles. The van der Waals surface area contributed by atoms with E-state index >= 15 is 0 Å². The fourth-order valence-electron chi connectivity index (χ4n) is 2.79. The Morgan fingerprint density at radius 2 is 2.39 bits per heavy atom. The maximum absolute atomic E-state index is 9.64. The third kappa shape index (κ3) is 3.82. The van der Waals surface area contributed by atoms with Crippen LogP contribution in [-0.2, 0) is 13.1 Å². The molecule has 1 fully saturated rings. The number of aliphatic hydroxyl groups excluding tert-OH is 1. The van der Waals surface area contributed by atoms with Crippen LogP contribution in [0.2, 0.25) is 0 Å². The summed E-state index contributed by atoms with van der Waals surface area (Å²) in [6, 6.07) is 0. The topological polar surface area (TPSA) is 50.1 Å². The molecule has 0 amide bonds. The number of aryl methyl sites for hydroxylation is 1. The average molecular weight is 251 g/mol. The largest absolute Gasteiger partial charge is 0.393 e. The summed E-state index contributed by atoms with van der Waals surface area (Å²) in [5, 5.41) is 13.1. The maximum Gasteiger partial charge on any atom is 0.0948 e. The summed E-state index contributed by atoms with van der Waals surface area (Å²) in [6.07, 6.45) is 9.28. The molecule has 2 N–H and O–H groups in total. The second-order valence-corrected chi connectivity index (χ2v) is 5.40. The fraction of sp³-hybridized carbons (Fsp3) is 0.786. The summed E-state index contributed by atoms with van der Waals surface area (Å²) in [7, 11) is 0. The molecule has 2 unspecified atom stereocenters. The predicted molar refractivity (Wildman–Crippen MR) is 72.2 cm³/mol. The minimum atomic E-state index is -0.0730. The van der Waals surface area contributed by atoms with Gasteiger partial charge in [0, 0.05) is 19.3 Å². The van der Waals surface area contributed by atoms with Crippen molar-refractivity contribution < 1.29 is 5.11 Å². The first-order chi connectivity index (χ1) is 8.79. The van der Waals surface area contributed by atoms with Crippen LogP contribution < -0.4 is 5.32 Å². The lowest BCUT2D eigenvalue weighted by atomic mass is 9.87. The molecule has 18 heavy (non-hydrogen) atoms. The lowest BCUT2D eigenvalue weighted by Crippen LogP contribution is -2.29. The Morgan fingerprint density at radius 1 is 1.50 bits per heavy atom. The van der Waals surface area contributed by atoms with E-state index in [-0.39, 0.29) is 6.10 Å². The summed E-state index contributed by atoms with van der Waals surface area (Å²) in [4.78, 5) is 4.20. The quantitative estimate of drug-likeness (QED) is 0.812. The molecule has 1 aliphatic rings. The van der Waals surface area contributed by atoms with Gasteiger partial charge >= 0.3 is 0 Å². The van der Waals surface area contributed by atoms with Crippen molar-refractivity contribution in [2.45, 2.75) is 58.2 Å². The van der Waals surface area contributed by atoms with E-state index in [4.69, 9.17) is 0 Å². The second kappa shape index (κ2) is 6.90. The minimum Gasteiger partial charge on any atom is -0.393 e. The van der Waals surface area contributed by atoms with Gasteiger partial charge in [-0.2, -0.15) is 0 Å².